The molecule has 0 radical (unpaired) electrons. The molecule has 3 rings (SSSR count). The number of hydrogen-bond donors (Lipinski definition) is 1. The highest BCUT2D eigenvalue weighted by Crippen LogP contribution is 2.38. The summed E-state index contributed by atoms with van der Waals surface area (Å²) in [6.07, 6.45) is -1.69. The van der Waals surface area contributed by atoms with Crippen LogP contribution in [-0.2, 0) is 6.18 Å². The summed E-state index contributed by atoms with van der Waals surface area (Å²) in [6.45, 7) is 1.55. The average molecular weight is 313 g/mol. The summed E-state index contributed by atoms with van der Waals surface area (Å²) in [7, 11) is 1.98. The van der Waals surface area contributed by atoms with Gasteiger partial charge in [-0.2, -0.15) is 13.2 Å². The van der Waals surface area contributed by atoms with Gasteiger partial charge in [0.25, 0.3) is 0 Å². The van der Waals surface area contributed by atoms with Crippen LogP contribution in [0.25, 0.3) is 15.8 Å². The second-order valence-corrected chi connectivity index (χ2v) is 6.22. The summed E-state index contributed by atoms with van der Waals surface area (Å²) in [6, 6.07) is 2.32. The Labute approximate surface area is 123 Å². The molecule has 0 aliphatic carbocycles. The molecule has 0 bridgehead atoms. The second kappa shape index (κ2) is 4.99. The van der Waals surface area contributed by atoms with Gasteiger partial charge in [-0.25, -0.2) is 4.98 Å². The maximum absolute atomic E-state index is 13.1. The van der Waals surface area contributed by atoms with Crippen molar-refractivity contribution in [2.75, 3.05) is 25.9 Å². The quantitative estimate of drug-likeness (QED) is 0.874. The second-order valence-electron chi connectivity index (χ2n) is 5.16. The summed E-state index contributed by atoms with van der Waals surface area (Å²) >= 11 is 1.09. The van der Waals surface area contributed by atoms with E-state index >= 15 is 0 Å². The van der Waals surface area contributed by atoms with Crippen LogP contribution in [0.1, 0.15) is 17.5 Å². The maximum Gasteiger partial charge on any atom is 0.416 e. The zero-order chi connectivity index (χ0) is 15.2. The first-order valence-corrected chi connectivity index (χ1v) is 7.31. The van der Waals surface area contributed by atoms with Crippen LogP contribution in [0.15, 0.2) is 18.2 Å². The largest absolute Gasteiger partial charge is 0.416 e. The van der Waals surface area contributed by atoms with Crippen LogP contribution >= 0.6 is 11.3 Å². The summed E-state index contributed by atoms with van der Waals surface area (Å²) in [4.78, 5) is 6.32. The average Bonchev–Trinajstić information content (AvgIpc) is 2.77. The van der Waals surface area contributed by atoms with Gasteiger partial charge in [0, 0.05) is 18.7 Å². The predicted molar refractivity (Wildman–Crippen MR) is 79.1 cm³/mol. The van der Waals surface area contributed by atoms with Gasteiger partial charge < -0.3 is 10.6 Å². The van der Waals surface area contributed by atoms with Crippen LogP contribution in [0.4, 0.5) is 18.3 Å². The molecule has 21 heavy (non-hydrogen) atoms. The van der Waals surface area contributed by atoms with E-state index < -0.39 is 11.7 Å². The Balaban J connectivity index is 2.20. The number of thiazole rings is 1. The minimum absolute atomic E-state index is 0.291. The SMILES string of the molecule is CN1CC=C(c2cc(C(F)(F)F)cc3sc(N)nc23)CC1. The zero-order valence-corrected chi connectivity index (χ0v) is 12.2. The number of nitrogens with zero attached hydrogens (tertiary/aromatic N) is 2. The number of alkyl halides is 3. The molecule has 0 saturated heterocycles. The lowest BCUT2D eigenvalue weighted by Crippen LogP contribution is -2.23. The van der Waals surface area contributed by atoms with E-state index in [9.17, 15) is 13.2 Å². The maximum atomic E-state index is 13.1. The van der Waals surface area contributed by atoms with Crippen LogP contribution < -0.4 is 5.73 Å². The molecule has 2 heterocycles. The van der Waals surface area contributed by atoms with Crippen molar-refractivity contribution in [2.24, 2.45) is 0 Å². The molecule has 2 N–H and O–H groups in total. The lowest BCUT2D eigenvalue weighted by molar-refractivity contribution is -0.137. The molecular weight excluding hydrogens is 299 g/mol. The third kappa shape index (κ3) is 2.75. The molecule has 0 amide bonds. The minimum atomic E-state index is -4.37. The van der Waals surface area contributed by atoms with Gasteiger partial charge in [0.15, 0.2) is 5.13 Å². The van der Waals surface area contributed by atoms with Gasteiger partial charge in [0.2, 0.25) is 0 Å². The summed E-state index contributed by atoms with van der Waals surface area (Å²) in [5.74, 6) is 0. The number of nitrogens with two attached hydrogens (primary N) is 1. The number of benzene rings is 1. The first kappa shape index (κ1) is 14.3. The third-order valence-electron chi connectivity index (χ3n) is 3.60. The zero-order valence-electron chi connectivity index (χ0n) is 11.4. The van der Waals surface area contributed by atoms with Crippen LogP contribution in [-0.4, -0.2) is 30.0 Å². The highest BCUT2D eigenvalue weighted by molar-refractivity contribution is 7.22. The predicted octanol–water partition coefficient (Wildman–Crippen LogP) is 3.62. The van der Waals surface area contributed by atoms with Gasteiger partial charge in [-0.15, -0.1) is 0 Å². The van der Waals surface area contributed by atoms with Crippen LogP contribution in [0.2, 0.25) is 0 Å². The fourth-order valence-corrected chi connectivity index (χ4v) is 3.27. The first-order chi connectivity index (χ1) is 9.84. The Morgan fingerprint density at radius 2 is 2.10 bits per heavy atom. The van der Waals surface area contributed by atoms with Gasteiger partial charge in [0.05, 0.1) is 15.8 Å². The molecule has 1 aliphatic rings. The lowest BCUT2D eigenvalue weighted by atomic mass is 9.96. The Bertz CT molecular complexity index is 718. The van der Waals surface area contributed by atoms with Gasteiger partial charge >= 0.3 is 6.18 Å². The van der Waals surface area contributed by atoms with Crippen LogP contribution in [0, 0.1) is 0 Å². The smallest absolute Gasteiger partial charge is 0.375 e. The van der Waals surface area contributed by atoms with E-state index in [0.29, 0.717) is 27.3 Å². The van der Waals surface area contributed by atoms with Crippen molar-refractivity contribution in [3.8, 4) is 0 Å². The molecule has 0 unspecified atom stereocenters. The Morgan fingerprint density at radius 1 is 1.33 bits per heavy atom. The van der Waals surface area contributed by atoms with E-state index in [4.69, 9.17) is 5.73 Å². The highest BCUT2D eigenvalue weighted by atomic mass is 32.1. The van der Waals surface area contributed by atoms with E-state index in [1.807, 2.05) is 13.1 Å². The number of likely N-dealkylation sites (N-methyl/N-ethyl adjacent to an activating group) is 1. The van der Waals surface area contributed by atoms with E-state index in [2.05, 4.69) is 9.88 Å². The molecule has 0 spiro atoms. The van der Waals surface area contributed by atoms with Crippen molar-refractivity contribution in [1.29, 1.82) is 0 Å². The highest BCUT2D eigenvalue weighted by Gasteiger charge is 2.32. The van der Waals surface area contributed by atoms with E-state index in [-0.39, 0.29) is 0 Å². The number of rotatable bonds is 1. The number of aromatic nitrogens is 1. The van der Waals surface area contributed by atoms with Crippen molar-refractivity contribution in [3.63, 3.8) is 0 Å². The van der Waals surface area contributed by atoms with Crippen molar-refractivity contribution >= 4 is 32.3 Å². The molecule has 0 atom stereocenters. The molecule has 1 aromatic heterocycles. The molecule has 0 fully saturated rings. The number of hydrogen-bond acceptors (Lipinski definition) is 4. The van der Waals surface area contributed by atoms with E-state index in [0.717, 1.165) is 36.1 Å². The number of fused-ring (bicyclic) bond motifs is 1. The minimum Gasteiger partial charge on any atom is -0.375 e. The number of halogens is 3. The molecule has 0 saturated carbocycles. The van der Waals surface area contributed by atoms with Gasteiger partial charge in [-0.05, 0) is 31.2 Å². The van der Waals surface area contributed by atoms with Crippen molar-refractivity contribution in [3.05, 3.63) is 29.3 Å². The molecule has 1 aromatic carbocycles. The Kier molecular flexibility index (Phi) is 3.41. The summed E-state index contributed by atoms with van der Waals surface area (Å²) < 4.78 is 39.7. The first-order valence-electron chi connectivity index (χ1n) is 6.50. The molecule has 3 nitrogen and oxygen atoms in total. The van der Waals surface area contributed by atoms with E-state index in [1.54, 1.807) is 0 Å². The summed E-state index contributed by atoms with van der Waals surface area (Å²) in [5.41, 5.74) is 7.06. The lowest BCUT2D eigenvalue weighted by Gasteiger charge is -2.22. The molecule has 2 aromatic rings. The Hall–Kier alpha value is -1.60. The number of anilines is 1. The normalized spacial score (nSPS) is 17.2. The van der Waals surface area contributed by atoms with Crippen LogP contribution in [0.5, 0.6) is 0 Å². The fourth-order valence-electron chi connectivity index (χ4n) is 2.47. The van der Waals surface area contributed by atoms with Crippen molar-refractivity contribution in [1.82, 2.24) is 9.88 Å². The fraction of sp³-hybridized carbons (Fsp3) is 0.357. The number of nitrogen functional groups attached to an aromatic ring is 1. The molecule has 112 valence electrons. The third-order valence-corrected chi connectivity index (χ3v) is 4.43. The van der Waals surface area contributed by atoms with Gasteiger partial charge in [-0.3, -0.25) is 0 Å². The topological polar surface area (TPSA) is 42.1 Å². The van der Waals surface area contributed by atoms with Crippen molar-refractivity contribution in [2.45, 2.75) is 12.6 Å². The van der Waals surface area contributed by atoms with E-state index in [1.165, 1.54) is 6.07 Å². The summed E-state index contributed by atoms with van der Waals surface area (Å²) in [5, 5.41) is 0.291. The van der Waals surface area contributed by atoms with Gasteiger partial charge in [0.1, 0.15) is 0 Å². The standard InChI is InChI=1S/C14H14F3N3S/c1-20-4-2-8(3-5-20)10-6-9(14(15,16)17)7-11-12(10)19-13(18)21-11/h2,6-7H,3-5H2,1H3,(H2,18,19). The van der Waals surface area contributed by atoms with Gasteiger partial charge in [-0.1, -0.05) is 17.4 Å². The molecular formula is C14H14F3N3S. The Morgan fingerprint density at radius 3 is 2.71 bits per heavy atom. The molecule has 7 heteroatoms. The van der Waals surface area contributed by atoms with Crippen molar-refractivity contribution < 1.29 is 13.2 Å². The monoisotopic (exact) mass is 313 g/mol. The molecule has 1 aliphatic heterocycles. The van der Waals surface area contributed by atoms with Crippen LogP contribution in [0.3, 0.4) is 0 Å².